The van der Waals surface area contributed by atoms with E-state index in [-0.39, 0.29) is 26.2 Å². The van der Waals surface area contributed by atoms with Crippen LogP contribution in [0.3, 0.4) is 0 Å². The molecule has 6 heteroatoms. The van der Waals surface area contributed by atoms with Crippen LogP contribution in [-0.4, -0.2) is 10.7 Å². The Bertz CT molecular complexity index is 456. The minimum absolute atomic E-state index is 0.118. The van der Waals surface area contributed by atoms with E-state index in [1.807, 2.05) is 0 Å². The maximum atomic E-state index is 11.2. The fourth-order valence-corrected chi connectivity index (χ4v) is 1.95. The molecule has 0 aromatic heterocycles. The molecule has 1 rings (SSSR count). The second kappa shape index (κ2) is 4.35. The number of carbonyl (C=O) groups excluding carboxylic acids is 1. The van der Waals surface area contributed by atoms with Gasteiger partial charge in [-0.3, -0.25) is 14.9 Å². The number of carbonyl (C=O) groups is 1. The van der Waals surface area contributed by atoms with Gasteiger partial charge in [0.05, 0.1) is 16.6 Å². The Hall–Kier alpha value is -1.49. The highest BCUT2D eigenvalue weighted by molar-refractivity contribution is 14.1. The third kappa shape index (κ3) is 2.30. The highest BCUT2D eigenvalue weighted by atomic mass is 127. The molecule has 0 bridgehead atoms. The fourth-order valence-electron chi connectivity index (χ4n) is 1.06. The average Bonchev–Trinajstić information content (AvgIpc) is 2.17. The second-order valence-corrected chi connectivity index (χ2v) is 3.86. The van der Waals surface area contributed by atoms with Crippen molar-refractivity contribution < 1.29 is 9.72 Å². The number of nitrogens with zero attached hydrogens (tertiary/aromatic N) is 2. The van der Waals surface area contributed by atoms with Crippen LogP contribution in [0.25, 0.3) is 0 Å². The lowest BCUT2D eigenvalue weighted by molar-refractivity contribution is -0.385. The number of benzene rings is 1. The number of nitriles is 1. The topological polar surface area (TPSA) is 84.0 Å². The van der Waals surface area contributed by atoms with Gasteiger partial charge in [-0.25, -0.2) is 0 Å². The molecule has 0 aliphatic rings. The van der Waals surface area contributed by atoms with E-state index in [1.54, 1.807) is 28.7 Å². The summed E-state index contributed by atoms with van der Waals surface area (Å²) in [6.45, 7) is 1.31. The SMILES string of the molecule is CC(=O)c1cc(C#N)cc([N+](=O)[O-])c1I. The van der Waals surface area contributed by atoms with Crippen LogP contribution in [0.2, 0.25) is 0 Å². The number of Topliss-reactive ketones (excluding diaryl/α,β-unsaturated/α-hetero) is 1. The number of ketones is 1. The summed E-state index contributed by atoms with van der Waals surface area (Å²) in [6.07, 6.45) is 0. The molecule has 5 nitrogen and oxygen atoms in total. The van der Waals surface area contributed by atoms with E-state index >= 15 is 0 Å². The summed E-state index contributed by atoms with van der Waals surface area (Å²) in [5, 5.41) is 19.3. The molecular formula is C9H5IN2O3. The van der Waals surface area contributed by atoms with Gasteiger partial charge >= 0.3 is 0 Å². The molecule has 0 amide bonds. The van der Waals surface area contributed by atoms with Crippen molar-refractivity contribution in [1.82, 2.24) is 0 Å². The van der Waals surface area contributed by atoms with Crippen LogP contribution in [0, 0.1) is 25.0 Å². The Labute approximate surface area is 99.0 Å². The maximum Gasteiger partial charge on any atom is 0.284 e. The molecule has 1 aromatic rings. The highest BCUT2D eigenvalue weighted by Gasteiger charge is 2.19. The summed E-state index contributed by atoms with van der Waals surface area (Å²) in [7, 11) is 0. The van der Waals surface area contributed by atoms with Crippen LogP contribution < -0.4 is 0 Å². The van der Waals surface area contributed by atoms with Gasteiger partial charge in [0.15, 0.2) is 5.78 Å². The Morgan fingerprint density at radius 2 is 2.20 bits per heavy atom. The zero-order chi connectivity index (χ0) is 11.6. The quantitative estimate of drug-likeness (QED) is 0.363. The van der Waals surface area contributed by atoms with E-state index in [0.717, 1.165) is 6.07 Å². The predicted octanol–water partition coefficient (Wildman–Crippen LogP) is 2.27. The summed E-state index contributed by atoms with van der Waals surface area (Å²) >= 11 is 1.73. The Kier molecular flexibility index (Phi) is 3.36. The molecule has 0 spiro atoms. The summed E-state index contributed by atoms with van der Waals surface area (Å²) in [4.78, 5) is 21.2. The first kappa shape index (κ1) is 11.6. The number of hydrogen-bond acceptors (Lipinski definition) is 4. The van der Waals surface area contributed by atoms with E-state index in [4.69, 9.17) is 5.26 Å². The Morgan fingerprint density at radius 1 is 1.60 bits per heavy atom. The monoisotopic (exact) mass is 316 g/mol. The average molecular weight is 316 g/mol. The van der Waals surface area contributed by atoms with Crippen LogP contribution in [-0.2, 0) is 0 Å². The normalized spacial score (nSPS) is 9.40. The van der Waals surface area contributed by atoms with Crippen LogP contribution in [0.1, 0.15) is 22.8 Å². The molecule has 0 N–H and O–H groups in total. The molecule has 1 aromatic carbocycles. The number of nitro benzene ring substituents is 1. The molecule has 0 heterocycles. The van der Waals surface area contributed by atoms with Crippen LogP contribution in [0.5, 0.6) is 0 Å². The van der Waals surface area contributed by atoms with E-state index in [1.165, 1.54) is 13.0 Å². The standard InChI is InChI=1S/C9H5IN2O3/c1-5(13)7-2-6(4-11)3-8(9(7)10)12(14)15/h2-3H,1H3. The molecule has 0 radical (unpaired) electrons. The fraction of sp³-hybridized carbons (Fsp3) is 0.111. The first-order chi connectivity index (χ1) is 6.97. The summed E-state index contributed by atoms with van der Waals surface area (Å²) in [6, 6.07) is 4.30. The molecule has 15 heavy (non-hydrogen) atoms. The van der Waals surface area contributed by atoms with Crippen molar-refractivity contribution in [3.63, 3.8) is 0 Å². The molecule has 0 aliphatic carbocycles. The summed E-state index contributed by atoms with van der Waals surface area (Å²) < 4.78 is 0.268. The molecule has 0 atom stereocenters. The van der Waals surface area contributed by atoms with Crippen molar-refractivity contribution in [2.24, 2.45) is 0 Å². The third-order valence-electron chi connectivity index (χ3n) is 1.76. The van der Waals surface area contributed by atoms with Gasteiger partial charge in [0.1, 0.15) is 3.57 Å². The lowest BCUT2D eigenvalue weighted by atomic mass is 10.1. The molecule has 0 unspecified atom stereocenters. The van der Waals surface area contributed by atoms with E-state index in [2.05, 4.69) is 0 Å². The van der Waals surface area contributed by atoms with Crippen LogP contribution in [0.4, 0.5) is 5.69 Å². The largest absolute Gasteiger partial charge is 0.294 e. The Balaban J connectivity index is 3.56. The number of halogens is 1. The van der Waals surface area contributed by atoms with Crippen molar-refractivity contribution in [1.29, 1.82) is 5.26 Å². The van der Waals surface area contributed by atoms with Gasteiger partial charge in [-0.2, -0.15) is 5.26 Å². The van der Waals surface area contributed by atoms with Crippen molar-refractivity contribution >= 4 is 34.1 Å². The van der Waals surface area contributed by atoms with Crippen LogP contribution >= 0.6 is 22.6 Å². The van der Waals surface area contributed by atoms with Crippen LogP contribution in [0.15, 0.2) is 12.1 Å². The lowest BCUT2D eigenvalue weighted by Crippen LogP contribution is -2.01. The van der Waals surface area contributed by atoms with E-state index in [9.17, 15) is 14.9 Å². The third-order valence-corrected chi connectivity index (χ3v) is 2.89. The first-order valence-corrected chi connectivity index (χ1v) is 4.94. The minimum Gasteiger partial charge on any atom is -0.294 e. The van der Waals surface area contributed by atoms with Gasteiger partial charge in [0.25, 0.3) is 5.69 Å². The van der Waals surface area contributed by atoms with E-state index < -0.39 is 4.92 Å². The molecule has 0 aliphatic heterocycles. The van der Waals surface area contributed by atoms with E-state index in [0.29, 0.717) is 0 Å². The minimum atomic E-state index is -0.602. The van der Waals surface area contributed by atoms with Gasteiger partial charge in [0.2, 0.25) is 0 Å². The number of nitro groups is 1. The predicted molar refractivity (Wildman–Crippen MR) is 60.5 cm³/mol. The smallest absolute Gasteiger partial charge is 0.284 e. The van der Waals surface area contributed by atoms with Gasteiger partial charge in [-0.1, -0.05) is 0 Å². The molecule has 0 saturated heterocycles. The van der Waals surface area contributed by atoms with Gasteiger partial charge in [-0.05, 0) is 35.6 Å². The Morgan fingerprint density at radius 3 is 2.60 bits per heavy atom. The molecular weight excluding hydrogens is 311 g/mol. The number of rotatable bonds is 2. The van der Waals surface area contributed by atoms with Gasteiger partial charge < -0.3 is 0 Å². The molecule has 0 fully saturated rings. The summed E-state index contributed by atoms with van der Waals surface area (Å²) in [5.74, 6) is -0.292. The second-order valence-electron chi connectivity index (χ2n) is 2.78. The van der Waals surface area contributed by atoms with Crippen molar-refractivity contribution in [3.8, 4) is 6.07 Å². The highest BCUT2D eigenvalue weighted by Crippen LogP contribution is 2.26. The maximum absolute atomic E-state index is 11.2. The van der Waals surface area contributed by atoms with Gasteiger partial charge in [-0.15, -0.1) is 0 Å². The zero-order valence-corrected chi connectivity index (χ0v) is 9.81. The molecule has 0 saturated carbocycles. The first-order valence-electron chi connectivity index (χ1n) is 3.86. The molecule has 76 valence electrons. The summed E-state index contributed by atoms with van der Waals surface area (Å²) in [5.41, 5.74) is 0.119. The van der Waals surface area contributed by atoms with Crippen molar-refractivity contribution in [2.75, 3.05) is 0 Å². The van der Waals surface area contributed by atoms with Crippen molar-refractivity contribution in [2.45, 2.75) is 6.92 Å². The number of hydrogen-bond donors (Lipinski definition) is 0. The van der Waals surface area contributed by atoms with Gasteiger partial charge in [0, 0.05) is 11.6 Å². The lowest BCUT2D eigenvalue weighted by Gasteiger charge is -2.01. The zero-order valence-electron chi connectivity index (χ0n) is 7.65. The van der Waals surface area contributed by atoms with Crippen molar-refractivity contribution in [3.05, 3.63) is 36.9 Å².